The molecule has 0 bridgehead atoms. The Labute approximate surface area is 197 Å². The second-order valence-electron chi connectivity index (χ2n) is 7.94. The van der Waals surface area contributed by atoms with Gasteiger partial charge < -0.3 is 5.11 Å². The number of anilines is 1. The summed E-state index contributed by atoms with van der Waals surface area (Å²) in [5.74, 6) is 7.08. The van der Waals surface area contributed by atoms with E-state index in [-0.39, 0.29) is 13.1 Å². The van der Waals surface area contributed by atoms with E-state index in [9.17, 15) is 5.11 Å². The van der Waals surface area contributed by atoms with Crippen molar-refractivity contribution < 1.29 is 5.11 Å². The average molecular weight is 462 g/mol. The molecule has 3 rings (SSSR count). The van der Waals surface area contributed by atoms with Crippen LogP contribution in [0.2, 0.25) is 0 Å². The number of fused-ring (bicyclic) bond motifs is 1. The number of para-hydroxylation sites is 2. The standard InChI is InChI=1S/C22H27N11O/c1-3-21(4-2)20(29-18-7-5-6-8-19(18)33(21)25)30-26-13-16-9-11-17(12-10-16)22(34,14-27-31-23)15-28-32-24/h5-12,34H,3-4,13-15,25H2,1-2H3. The lowest BCUT2D eigenvalue weighted by Crippen LogP contribution is -2.58. The lowest BCUT2D eigenvalue weighted by Gasteiger charge is -2.43. The van der Waals surface area contributed by atoms with Crippen LogP contribution in [0, 0.1) is 0 Å². The minimum absolute atomic E-state index is 0.255. The van der Waals surface area contributed by atoms with Crippen molar-refractivity contribution in [2.24, 2.45) is 31.3 Å². The third-order valence-electron chi connectivity index (χ3n) is 6.12. The maximum atomic E-state index is 10.8. The molecule has 12 heteroatoms. The van der Waals surface area contributed by atoms with Gasteiger partial charge >= 0.3 is 0 Å². The van der Waals surface area contributed by atoms with Crippen molar-refractivity contribution in [2.45, 2.75) is 44.4 Å². The van der Waals surface area contributed by atoms with Gasteiger partial charge in [0.15, 0.2) is 5.84 Å². The summed E-state index contributed by atoms with van der Waals surface area (Å²) in [6.07, 6.45) is 1.44. The first-order valence-corrected chi connectivity index (χ1v) is 10.9. The number of aliphatic hydroxyl groups is 1. The Hall–Kier alpha value is -3.95. The molecule has 0 aromatic heterocycles. The van der Waals surface area contributed by atoms with Gasteiger partial charge in [-0.25, -0.2) is 10.8 Å². The first-order valence-electron chi connectivity index (χ1n) is 10.9. The predicted molar refractivity (Wildman–Crippen MR) is 130 cm³/mol. The molecule has 0 radical (unpaired) electrons. The molecule has 12 nitrogen and oxygen atoms in total. The average Bonchev–Trinajstić information content (AvgIpc) is 2.87. The van der Waals surface area contributed by atoms with Gasteiger partial charge in [-0.2, -0.15) is 5.11 Å². The fourth-order valence-electron chi connectivity index (χ4n) is 3.98. The lowest BCUT2D eigenvalue weighted by molar-refractivity contribution is 0.0556. The number of rotatable bonds is 9. The minimum atomic E-state index is -1.59. The fraction of sp³-hybridized carbons (Fsp3) is 0.409. The molecule has 0 unspecified atom stereocenters. The van der Waals surface area contributed by atoms with Crippen molar-refractivity contribution in [3.05, 3.63) is 80.5 Å². The Balaban J connectivity index is 1.82. The summed E-state index contributed by atoms with van der Waals surface area (Å²) in [4.78, 5) is 10.1. The molecule has 0 saturated heterocycles. The van der Waals surface area contributed by atoms with Gasteiger partial charge in [0.1, 0.15) is 11.1 Å². The van der Waals surface area contributed by atoms with Crippen LogP contribution < -0.4 is 10.9 Å². The Bertz CT molecular complexity index is 1140. The largest absolute Gasteiger partial charge is 0.385 e. The van der Waals surface area contributed by atoms with Crippen molar-refractivity contribution in [1.29, 1.82) is 0 Å². The third kappa shape index (κ3) is 4.85. The molecule has 2 aromatic carbocycles. The van der Waals surface area contributed by atoms with Gasteiger partial charge in [0.2, 0.25) is 0 Å². The van der Waals surface area contributed by atoms with Gasteiger partial charge in [0, 0.05) is 9.82 Å². The van der Waals surface area contributed by atoms with Crippen molar-refractivity contribution >= 4 is 17.2 Å². The zero-order chi connectivity index (χ0) is 24.6. The third-order valence-corrected chi connectivity index (χ3v) is 6.12. The smallest absolute Gasteiger partial charge is 0.178 e. The molecule has 0 aliphatic carbocycles. The number of aliphatic imine (C=N–C) groups is 1. The maximum absolute atomic E-state index is 10.8. The van der Waals surface area contributed by atoms with Crippen LogP contribution in [-0.2, 0) is 12.1 Å². The highest BCUT2D eigenvalue weighted by Crippen LogP contribution is 2.40. The molecule has 34 heavy (non-hydrogen) atoms. The summed E-state index contributed by atoms with van der Waals surface area (Å²) in [6.45, 7) is 3.88. The molecule has 0 fully saturated rings. The van der Waals surface area contributed by atoms with E-state index < -0.39 is 11.1 Å². The maximum Gasteiger partial charge on any atom is 0.178 e. The number of azo groups is 1. The normalized spacial score (nSPS) is 16.1. The van der Waals surface area contributed by atoms with E-state index in [0.717, 1.165) is 29.8 Å². The molecule has 0 amide bonds. The second-order valence-corrected chi connectivity index (χ2v) is 7.94. The Morgan fingerprint density at radius 2 is 1.65 bits per heavy atom. The van der Waals surface area contributed by atoms with Gasteiger partial charge in [0.25, 0.3) is 0 Å². The minimum Gasteiger partial charge on any atom is -0.385 e. The van der Waals surface area contributed by atoms with Crippen molar-refractivity contribution in [3.63, 3.8) is 0 Å². The van der Waals surface area contributed by atoms with Gasteiger partial charge in [-0.1, -0.05) is 60.5 Å². The first-order chi connectivity index (χ1) is 16.4. The van der Waals surface area contributed by atoms with Crippen molar-refractivity contribution in [3.8, 4) is 0 Å². The molecule has 1 aliphatic heterocycles. The summed E-state index contributed by atoms with van der Waals surface area (Å²) >= 11 is 0. The molecule has 1 aliphatic rings. The van der Waals surface area contributed by atoms with E-state index in [1.807, 2.05) is 24.3 Å². The molecular formula is C22H27N11O. The number of hydrazine groups is 1. The zero-order valence-electron chi connectivity index (χ0n) is 19.2. The van der Waals surface area contributed by atoms with Gasteiger partial charge in [-0.05, 0) is 47.2 Å². The summed E-state index contributed by atoms with van der Waals surface area (Å²) in [6, 6.07) is 14.6. The van der Waals surface area contributed by atoms with Crippen LogP contribution in [0.1, 0.15) is 37.8 Å². The van der Waals surface area contributed by atoms with Crippen LogP contribution in [0.15, 0.2) is 74.0 Å². The second kappa shape index (κ2) is 10.8. The summed E-state index contributed by atoms with van der Waals surface area (Å²) in [5, 5.41) is 28.2. The van der Waals surface area contributed by atoms with E-state index in [4.69, 9.17) is 21.9 Å². The molecule has 1 heterocycles. The highest BCUT2D eigenvalue weighted by molar-refractivity contribution is 6.00. The number of azide groups is 2. The number of amidine groups is 1. The quantitative estimate of drug-likeness (QED) is 0.219. The van der Waals surface area contributed by atoms with E-state index in [1.165, 1.54) is 0 Å². The van der Waals surface area contributed by atoms with E-state index in [2.05, 4.69) is 44.1 Å². The first kappa shape index (κ1) is 24.7. The van der Waals surface area contributed by atoms with Crippen molar-refractivity contribution in [2.75, 3.05) is 18.1 Å². The summed E-state index contributed by atoms with van der Waals surface area (Å²) in [7, 11) is 0. The highest BCUT2D eigenvalue weighted by atomic mass is 16.3. The van der Waals surface area contributed by atoms with Gasteiger partial charge in [0.05, 0.1) is 31.0 Å². The van der Waals surface area contributed by atoms with E-state index in [0.29, 0.717) is 17.9 Å². The molecule has 0 atom stereocenters. The number of benzene rings is 2. The molecule has 2 aromatic rings. The Morgan fingerprint density at radius 3 is 2.24 bits per heavy atom. The van der Waals surface area contributed by atoms with Crippen LogP contribution in [-0.4, -0.2) is 29.6 Å². The number of nitrogens with two attached hydrogens (primary N) is 1. The van der Waals surface area contributed by atoms with Gasteiger partial charge in [-0.15, -0.1) is 5.11 Å². The predicted octanol–water partition coefficient (Wildman–Crippen LogP) is 5.43. The highest BCUT2D eigenvalue weighted by Gasteiger charge is 2.42. The lowest BCUT2D eigenvalue weighted by atomic mass is 9.88. The summed E-state index contributed by atoms with van der Waals surface area (Å²) in [5.41, 5.74) is 18.0. The fourth-order valence-corrected chi connectivity index (χ4v) is 3.98. The Morgan fingerprint density at radius 1 is 1.03 bits per heavy atom. The SMILES string of the molecule is CCC1(CC)C(N=NCc2ccc(C(O)(CN=[N+]=[N-])CN=[N+]=[N-])cc2)=Nc2ccccc2N1N. The Kier molecular flexibility index (Phi) is 7.83. The van der Waals surface area contributed by atoms with Crippen LogP contribution in [0.4, 0.5) is 11.4 Å². The van der Waals surface area contributed by atoms with Crippen LogP contribution >= 0.6 is 0 Å². The molecule has 176 valence electrons. The number of hydrogen-bond acceptors (Lipinski definition) is 8. The van der Waals surface area contributed by atoms with Gasteiger partial charge in [-0.3, -0.25) is 5.01 Å². The topological polar surface area (TPSA) is 184 Å². The molecule has 0 saturated carbocycles. The molecule has 3 N–H and O–H groups in total. The van der Waals surface area contributed by atoms with Crippen LogP contribution in [0.3, 0.4) is 0 Å². The van der Waals surface area contributed by atoms with E-state index >= 15 is 0 Å². The van der Waals surface area contributed by atoms with Crippen molar-refractivity contribution in [1.82, 2.24) is 0 Å². The molecular weight excluding hydrogens is 434 g/mol. The number of nitrogens with zero attached hydrogens (tertiary/aromatic N) is 10. The molecule has 0 spiro atoms. The van der Waals surface area contributed by atoms with E-state index in [1.54, 1.807) is 29.3 Å². The zero-order valence-corrected chi connectivity index (χ0v) is 19.2. The summed E-state index contributed by atoms with van der Waals surface area (Å²) < 4.78 is 0. The van der Waals surface area contributed by atoms with Crippen LogP contribution in [0.25, 0.3) is 20.9 Å². The number of hydrogen-bond donors (Lipinski definition) is 2. The van der Waals surface area contributed by atoms with Crippen LogP contribution in [0.5, 0.6) is 0 Å². The monoisotopic (exact) mass is 461 g/mol.